The molecule has 0 spiro atoms. The molecule has 9 nitrogen and oxygen atoms in total. The van der Waals surface area contributed by atoms with Crippen LogP contribution in [0.25, 0.3) is 0 Å². The van der Waals surface area contributed by atoms with E-state index in [4.69, 9.17) is 11.6 Å². The van der Waals surface area contributed by atoms with Crippen molar-refractivity contribution in [2.24, 2.45) is 5.10 Å². The van der Waals surface area contributed by atoms with E-state index in [1.807, 2.05) is 13.8 Å². The lowest BCUT2D eigenvalue weighted by molar-refractivity contribution is -0.384. The maximum absolute atomic E-state index is 13.4. The third-order valence-electron chi connectivity index (χ3n) is 4.97. The monoisotopic (exact) mass is 500 g/mol. The number of hydrogen-bond donors (Lipinski definition) is 1. The van der Waals surface area contributed by atoms with Crippen molar-refractivity contribution in [2.75, 3.05) is 10.8 Å². The second-order valence-corrected chi connectivity index (χ2v) is 9.67. The Morgan fingerprint density at radius 1 is 1.06 bits per heavy atom. The summed E-state index contributed by atoms with van der Waals surface area (Å²) in [6, 6.07) is 16.3. The zero-order valence-electron chi connectivity index (χ0n) is 18.3. The highest BCUT2D eigenvalue weighted by Crippen LogP contribution is 2.26. The number of non-ortho nitro benzene ring substituents is 1. The van der Waals surface area contributed by atoms with Crippen LogP contribution in [-0.2, 0) is 14.8 Å². The third-order valence-corrected chi connectivity index (χ3v) is 7.01. The summed E-state index contributed by atoms with van der Waals surface area (Å²) in [4.78, 5) is 22.8. The highest BCUT2D eigenvalue weighted by molar-refractivity contribution is 7.92. The SMILES string of the molecule is Cc1ccc(N(CC(=O)N/N=C\c2ccc([N+](=O)[O-])cc2)S(=O)(=O)c2ccc(Cl)cc2)cc1C. The molecule has 0 aromatic heterocycles. The van der Waals surface area contributed by atoms with Crippen molar-refractivity contribution in [3.05, 3.63) is 98.6 Å². The smallest absolute Gasteiger partial charge is 0.269 e. The number of hydrazone groups is 1. The van der Waals surface area contributed by atoms with Crippen molar-refractivity contribution in [2.45, 2.75) is 18.7 Å². The highest BCUT2D eigenvalue weighted by atomic mass is 35.5. The number of sulfonamides is 1. The number of hydrogen-bond acceptors (Lipinski definition) is 6. The first-order valence-corrected chi connectivity index (χ1v) is 11.8. The van der Waals surface area contributed by atoms with E-state index in [9.17, 15) is 23.3 Å². The third kappa shape index (κ3) is 5.97. The van der Waals surface area contributed by atoms with Crippen molar-refractivity contribution >= 4 is 45.1 Å². The topological polar surface area (TPSA) is 122 Å². The number of nitrogens with zero attached hydrogens (tertiary/aromatic N) is 3. The summed E-state index contributed by atoms with van der Waals surface area (Å²) in [5, 5.41) is 14.9. The zero-order valence-corrected chi connectivity index (χ0v) is 19.9. The average molecular weight is 501 g/mol. The molecule has 3 rings (SSSR count). The van der Waals surface area contributed by atoms with Crippen LogP contribution in [0.2, 0.25) is 5.02 Å². The summed E-state index contributed by atoms with van der Waals surface area (Å²) >= 11 is 5.89. The molecular weight excluding hydrogens is 480 g/mol. The molecule has 0 aliphatic rings. The van der Waals surface area contributed by atoms with E-state index < -0.39 is 27.4 Å². The van der Waals surface area contributed by atoms with Crippen LogP contribution in [0, 0.1) is 24.0 Å². The molecule has 1 N–H and O–H groups in total. The molecule has 0 heterocycles. The summed E-state index contributed by atoms with van der Waals surface area (Å²) in [5.41, 5.74) is 4.91. The molecule has 176 valence electrons. The number of amides is 1. The number of nitro groups is 1. The quantitative estimate of drug-likeness (QED) is 0.282. The number of anilines is 1. The summed E-state index contributed by atoms with van der Waals surface area (Å²) in [7, 11) is -4.09. The number of carbonyl (C=O) groups excluding carboxylic acids is 1. The number of benzene rings is 3. The van der Waals surface area contributed by atoms with Gasteiger partial charge in [0.15, 0.2) is 0 Å². The van der Waals surface area contributed by atoms with Gasteiger partial charge in [0, 0.05) is 17.2 Å². The molecular formula is C23H21ClN4O5S. The molecule has 3 aromatic carbocycles. The molecule has 0 bridgehead atoms. The van der Waals surface area contributed by atoms with E-state index in [2.05, 4.69) is 10.5 Å². The van der Waals surface area contributed by atoms with Crippen LogP contribution in [0.3, 0.4) is 0 Å². The molecule has 0 saturated heterocycles. The normalized spacial score (nSPS) is 11.4. The minimum absolute atomic E-state index is 0.0164. The molecule has 0 unspecified atom stereocenters. The predicted molar refractivity (Wildman–Crippen MR) is 131 cm³/mol. The van der Waals surface area contributed by atoms with Crippen molar-refractivity contribution in [1.29, 1.82) is 0 Å². The first-order valence-electron chi connectivity index (χ1n) is 10.00. The van der Waals surface area contributed by atoms with Gasteiger partial charge >= 0.3 is 0 Å². The molecule has 1 amide bonds. The number of carbonyl (C=O) groups is 1. The van der Waals surface area contributed by atoms with E-state index in [1.165, 1.54) is 54.7 Å². The summed E-state index contributed by atoms with van der Waals surface area (Å²) < 4.78 is 27.7. The number of nitro benzene ring substituents is 1. The second kappa shape index (κ2) is 10.4. The van der Waals surface area contributed by atoms with Crippen LogP contribution < -0.4 is 9.73 Å². The fraction of sp³-hybridized carbons (Fsp3) is 0.130. The van der Waals surface area contributed by atoms with E-state index in [-0.39, 0.29) is 10.6 Å². The van der Waals surface area contributed by atoms with E-state index in [0.717, 1.165) is 15.4 Å². The maximum atomic E-state index is 13.4. The predicted octanol–water partition coefficient (Wildman–Crippen LogP) is 4.21. The number of halogens is 1. The molecule has 0 radical (unpaired) electrons. The Hall–Kier alpha value is -3.76. The summed E-state index contributed by atoms with van der Waals surface area (Å²) in [6.45, 7) is 3.22. The van der Waals surface area contributed by atoms with Crippen molar-refractivity contribution < 1.29 is 18.1 Å². The minimum atomic E-state index is -4.09. The zero-order chi connectivity index (χ0) is 24.9. The number of nitrogens with one attached hydrogen (secondary N) is 1. The van der Waals surface area contributed by atoms with Crippen LogP contribution >= 0.6 is 11.6 Å². The van der Waals surface area contributed by atoms with Gasteiger partial charge in [0.25, 0.3) is 21.6 Å². The van der Waals surface area contributed by atoms with Crippen LogP contribution in [0.4, 0.5) is 11.4 Å². The molecule has 0 fully saturated rings. The minimum Gasteiger partial charge on any atom is -0.271 e. The van der Waals surface area contributed by atoms with Gasteiger partial charge in [-0.25, -0.2) is 13.8 Å². The standard InChI is InChI=1S/C23H21ClN4O5S/c1-16-3-8-21(13-17(16)2)27(34(32,33)22-11-6-19(24)7-12-22)15-23(29)26-25-14-18-4-9-20(10-5-18)28(30)31/h3-14H,15H2,1-2H3,(H,26,29)/b25-14-. The van der Waals surface area contributed by atoms with Gasteiger partial charge in [0.2, 0.25) is 0 Å². The van der Waals surface area contributed by atoms with Crippen molar-refractivity contribution in [3.63, 3.8) is 0 Å². The number of rotatable bonds is 8. The summed E-state index contributed by atoms with van der Waals surface area (Å²) in [6.07, 6.45) is 1.30. The maximum Gasteiger partial charge on any atom is 0.269 e. The van der Waals surface area contributed by atoms with Gasteiger partial charge in [-0.3, -0.25) is 19.2 Å². The molecule has 0 aliphatic carbocycles. The van der Waals surface area contributed by atoms with Crippen LogP contribution in [0.5, 0.6) is 0 Å². The lowest BCUT2D eigenvalue weighted by Gasteiger charge is -2.24. The molecule has 34 heavy (non-hydrogen) atoms. The Labute approximate surface area is 201 Å². The Morgan fingerprint density at radius 2 is 1.71 bits per heavy atom. The highest BCUT2D eigenvalue weighted by Gasteiger charge is 2.27. The Kier molecular flexibility index (Phi) is 7.64. The Morgan fingerprint density at radius 3 is 2.29 bits per heavy atom. The van der Waals surface area contributed by atoms with Crippen molar-refractivity contribution in [1.82, 2.24) is 5.43 Å². The average Bonchev–Trinajstić information content (AvgIpc) is 2.80. The molecule has 3 aromatic rings. The van der Waals surface area contributed by atoms with Gasteiger partial charge in [-0.15, -0.1) is 0 Å². The fourth-order valence-electron chi connectivity index (χ4n) is 2.96. The van der Waals surface area contributed by atoms with E-state index in [0.29, 0.717) is 16.3 Å². The van der Waals surface area contributed by atoms with Gasteiger partial charge in [-0.2, -0.15) is 5.10 Å². The van der Waals surface area contributed by atoms with Gasteiger partial charge in [-0.05, 0) is 79.1 Å². The van der Waals surface area contributed by atoms with Crippen LogP contribution in [-0.4, -0.2) is 32.0 Å². The fourth-order valence-corrected chi connectivity index (χ4v) is 4.50. The molecule has 0 atom stereocenters. The van der Waals surface area contributed by atoms with E-state index >= 15 is 0 Å². The first-order chi connectivity index (χ1) is 16.1. The first kappa shape index (κ1) is 24.9. The van der Waals surface area contributed by atoms with Crippen LogP contribution in [0.1, 0.15) is 16.7 Å². The lowest BCUT2D eigenvalue weighted by Crippen LogP contribution is -2.39. The Bertz CT molecular complexity index is 1340. The number of aryl methyl sites for hydroxylation is 2. The summed E-state index contributed by atoms with van der Waals surface area (Å²) in [5.74, 6) is -0.672. The molecule has 11 heteroatoms. The molecule has 0 aliphatic heterocycles. The Balaban J connectivity index is 1.83. The van der Waals surface area contributed by atoms with Crippen molar-refractivity contribution in [3.8, 4) is 0 Å². The largest absolute Gasteiger partial charge is 0.271 e. The van der Waals surface area contributed by atoms with Crippen LogP contribution in [0.15, 0.2) is 76.7 Å². The molecule has 0 saturated carbocycles. The second-order valence-electron chi connectivity index (χ2n) is 7.38. The lowest BCUT2D eigenvalue weighted by atomic mass is 10.1. The van der Waals surface area contributed by atoms with Gasteiger partial charge in [-0.1, -0.05) is 17.7 Å². The van der Waals surface area contributed by atoms with E-state index in [1.54, 1.807) is 18.2 Å². The van der Waals surface area contributed by atoms with Gasteiger partial charge in [0.1, 0.15) is 6.54 Å². The van der Waals surface area contributed by atoms with Gasteiger partial charge in [0.05, 0.1) is 21.7 Å². The van der Waals surface area contributed by atoms with Gasteiger partial charge < -0.3 is 0 Å².